The van der Waals surface area contributed by atoms with E-state index < -0.39 is 0 Å². The Kier molecular flexibility index (Phi) is 4.88. The SMILES string of the molecule is Cc1ccccc1CNc1nccc(Nc2cccc(Br)c2)n1. The van der Waals surface area contributed by atoms with Crippen LogP contribution in [0.3, 0.4) is 0 Å². The second-order valence-corrected chi connectivity index (χ2v) is 6.10. The highest BCUT2D eigenvalue weighted by atomic mass is 79.9. The topological polar surface area (TPSA) is 49.8 Å². The minimum absolute atomic E-state index is 0.605. The Morgan fingerprint density at radius 3 is 2.74 bits per heavy atom. The molecule has 0 amide bonds. The van der Waals surface area contributed by atoms with Crippen molar-refractivity contribution in [1.29, 1.82) is 0 Å². The average molecular weight is 369 g/mol. The fourth-order valence-corrected chi connectivity index (χ4v) is 2.61. The van der Waals surface area contributed by atoms with Crippen molar-refractivity contribution in [1.82, 2.24) is 9.97 Å². The molecule has 5 heteroatoms. The molecule has 0 saturated heterocycles. The van der Waals surface area contributed by atoms with E-state index in [1.165, 1.54) is 11.1 Å². The Balaban J connectivity index is 1.69. The van der Waals surface area contributed by atoms with Gasteiger partial charge in [0.1, 0.15) is 5.82 Å². The van der Waals surface area contributed by atoms with Crippen LogP contribution in [0.2, 0.25) is 0 Å². The summed E-state index contributed by atoms with van der Waals surface area (Å²) >= 11 is 3.46. The predicted octanol–water partition coefficient (Wildman–Crippen LogP) is 4.90. The van der Waals surface area contributed by atoms with E-state index in [1.54, 1.807) is 6.20 Å². The van der Waals surface area contributed by atoms with E-state index in [-0.39, 0.29) is 0 Å². The third kappa shape index (κ3) is 4.29. The minimum atomic E-state index is 0.605. The van der Waals surface area contributed by atoms with Crippen LogP contribution in [-0.4, -0.2) is 9.97 Å². The molecule has 0 radical (unpaired) electrons. The van der Waals surface area contributed by atoms with Crippen LogP contribution in [0.15, 0.2) is 65.3 Å². The number of aryl methyl sites for hydroxylation is 1. The van der Waals surface area contributed by atoms with E-state index >= 15 is 0 Å². The maximum absolute atomic E-state index is 4.49. The number of hydrogen-bond acceptors (Lipinski definition) is 4. The largest absolute Gasteiger partial charge is 0.350 e. The first kappa shape index (κ1) is 15.5. The number of halogens is 1. The average Bonchev–Trinajstić information content (AvgIpc) is 2.54. The molecule has 0 fully saturated rings. The van der Waals surface area contributed by atoms with Crippen LogP contribution in [0.5, 0.6) is 0 Å². The number of hydrogen-bond donors (Lipinski definition) is 2. The summed E-state index contributed by atoms with van der Waals surface area (Å²) in [5.41, 5.74) is 3.47. The molecule has 0 bridgehead atoms. The molecule has 1 aromatic heterocycles. The van der Waals surface area contributed by atoms with Gasteiger partial charge in [0.15, 0.2) is 0 Å². The van der Waals surface area contributed by atoms with Gasteiger partial charge in [-0.05, 0) is 42.3 Å². The van der Waals surface area contributed by atoms with E-state index in [0.29, 0.717) is 12.5 Å². The summed E-state index contributed by atoms with van der Waals surface area (Å²) < 4.78 is 1.02. The molecule has 0 aliphatic carbocycles. The van der Waals surface area contributed by atoms with E-state index in [4.69, 9.17) is 0 Å². The Labute approximate surface area is 144 Å². The van der Waals surface area contributed by atoms with Crippen LogP contribution >= 0.6 is 15.9 Å². The van der Waals surface area contributed by atoms with Crippen LogP contribution < -0.4 is 10.6 Å². The Morgan fingerprint density at radius 1 is 1.04 bits per heavy atom. The maximum atomic E-state index is 4.49. The molecule has 0 unspecified atom stereocenters. The van der Waals surface area contributed by atoms with Gasteiger partial charge < -0.3 is 10.6 Å². The summed E-state index contributed by atoms with van der Waals surface area (Å²) in [7, 11) is 0. The van der Waals surface area contributed by atoms with Gasteiger partial charge in [0, 0.05) is 22.9 Å². The van der Waals surface area contributed by atoms with Crippen molar-refractivity contribution < 1.29 is 0 Å². The molecule has 116 valence electrons. The molecule has 1 heterocycles. The first-order chi connectivity index (χ1) is 11.2. The normalized spacial score (nSPS) is 10.3. The third-order valence-electron chi connectivity index (χ3n) is 3.45. The molecule has 0 atom stereocenters. The second-order valence-electron chi connectivity index (χ2n) is 5.18. The van der Waals surface area contributed by atoms with Gasteiger partial charge in [0.25, 0.3) is 0 Å². The van der Waals surface area contributed by atoms with Crippen LogP contribution in [0.4, 0.5) is 17.5 Å². The van der Waals surface area contributed by atoms with Crippen LogP contribution in [0, 0.1) is 6.92 Å². The number of aromatic nitrogens is 2. The van der Waals surface area contributed by atoms with Crippen LogP contribution in [-0.2, 0) is 6.54 Å². The molecular formula is C18H17BrN4. The molecule has 0 aliphatic heterocycles. The summed E-state index contributed by atoms with van der Waals surface area (Å²) in [6.07, 6.45) is 1.74. The predicted molar refractivity (Wildman–Crippen MR) is 98.0 cm³/mol. The first-order valence-electron chi connectivity index (χ1n) is 7.35. The van der Waals surface area contributed by atoms with Gasteiger partial charge in [-0.2, -0.15) is 4.98 Å². The quantitative estimate of drug-likeness (QED) is 0.672. The van der Waals surface area contributed by atoms with Gasteiger partial charge in [-0.25, -0.2) is 4.98 Å². The Morgan fingerprint density at radius 2 is 1.91 bits per heavy atom. The second kappa shape index (κ2) is 7.24. The van der Waals surface area contributed by atoms with Crippen molar-refractivity contribution >= 4 is 33.4 Å². The fourth-order valence-electron chi connectivity index (χ4n) is 2.21. The van der Waals surface area contributed by atoms with Gasteiger partial charge in [-0.15, -0.1) is 0 Å². The molecule has 23 heavy (non-hydrogen) atoms. The van der Waals surface area contributed by atoms with Crippen LogP contribution in [0.25, 0.3) is 0 Å². The summed E-state index contributed by atoms with van der Waals surface area (Å²) in [5, 5.41) is 6.54. The molecular weight excluding hydrogens is 352 g/mol. The monoisotopic (exact) mass is 368 g/mol. The van der Waals surface area contributed by atoms with Crippen molar-refractivity contribution in [2.45, 2.75) is 13.5 Å². The fraction of sp³-hybridized carbons (Fsp3) is 0.111. The highest BCUT2D eigenvalue weighted by molar-refractivity contribution is 9.10. The zero-order valence-electron chi connectivity index (χ0n) is 12.8. The van der Waals surface area contributed by atoms with Crippen molar-refractivity contribution in [3.8, 4) is 0 Å². The number of anilines is 3. The lowest BCUT2D eigenvalue weighted by Gasteiger charge is -2.10. The molecule has 0 spiro atoms. The van der Waals surface area contributed by atoms with Crippen molar-refractivity contribution in [3.05, 3.63) is 76.4 Å². The highest BCUT2D eigenvalue weighted by Gasteiger charge is 2.02. The smallest absolute Gasteiger partial charge is 0.224 e. The summed E-state index contributed by atoms with van der Waals surface area (Å²) in [6, 6.07) is 18.1. The maximum Gasteiger partial charge on any atom is 0.224 e. The molecule has 3 rings (SSSR count). The Hall–Kier alpha value is -2.40. The number of rotatable bonds is 5. The summed E-state index contributed by atoms with van der Waals surface area (Å²) in [6.45, 7) is 2.80. The summed E-state index contributed by atoms with van der Waals surface area (Å²) in [4.78, 5) is 8.77. The number of nitrogens with zero attached hydrogens (tertiary/aromatic N) is 2. The molecule has 0 aliphatic rings. The molecule has 4 nitrogen and oxygen atoms in total. The zero-order valence-corrected chi connectivity index (χ0v) is 14.3. The van der Waals surface area contributed by atoms with E-state index in [2.05, 4.69) is 55.6 Å². The lowest BCUT2D eigenvalue weighted by Crippen LogP contribution is -2.05. The van der Waals surface area contributed by atoms with E-state index in [1.807, 2.05) is 42.5 Å². The zero-order chi connectivity index (χ0) is 16.1. The third-order valence-corrected chi connectivity index (χ3v) is 3.94. The van der Waals surface area contributed by atoms with E-state index in [0.717, 1.165) is 16.0 Å². The lowest BCUT2D eigenvalue weighted by molar-refractivity contribution is 1.04. The van der Waals surface area contributed by atoms with Gasteiger partial charge in [0.2, 0.25) is 5.95 Å². The minimum Gasteiger partial charge on any atom is -0.350 e. The lowest BCUT2D eigenvalue weighted by atomic mass is 10.1. The standard InChI is InChI=1S/C18H17BrN4/c1-13-5-2-3-6-14(13)12-21-18-20-10-9-17(23-18)22-16-8-4-7-15(19)11-16/h2-11H,12H2,1H3,(H2,20,21,22,23). The van der Waals surface area contributed by atoms with Gasteiger partial charge in [-0.3, -0.25) is 0 Å². The van der Waals surface area contributed by atoms with Gasteiger partial charge >= 0.3 is 0 Å². The first-order valence-corrected chi connectivity index (χ1v) is 8.14. The van der Waals surface area contributed by atoms with Gasteiger partial charge in [0.05, 0.1) is 0 Å². The van der Waals surface area contributed by atoms with Gasteiger partial charge in [-0.1, -0.05) is 46.3 Å². The van der Waals surface area contributed by atoms with Crippen molar-refractivity contribution in [2.24, 2.45) is 0 Å². The van der Waals surface area contributed by atoms with Crippen molar-refractivity contribution in [3.63, 3.8) is 0 Å². The van der Waals surface area contributed by atoms with Crippen molar-refractivity contribution in [2.75, 3.05) is 10.6 Å². The number of benzene rings is 2. The molecule has 2 aromatic carbocycles. The number of nitrogens with one attached hydrogen (secondary N) is 2. The molecule has 0 saturated carbocycles. The molecule has 3 aromatic rings. The highest BCUT2D eigenvalue weighted by Crippen LogP contribution is 2.19. The van der Waals surface area contributed by atoms with E-state index in [9.17, 15) is 0 Å². The molecule has 2 N–H and O–H groups in total. The Bertz CT molecular complexity index is 804. The summed E-state index contributed by atoms with van der Waals surface area (Å²) in [5.74, 6) is 1.36. The van der Waals surface area contributed by atoms with Crippen LogP contribution in [0.1, 0.15) is 11.1 Å².